The maximum absolute atomic E-state index is 13.0. The number of nitrogens with one attached hydrogen (secondary N) is 1. The first kappa shape index (κ1) is 19.8. The van der Waals surface area contributed by atoms with E-state index >= 15 is 0 Å². The van der Waals surface area contributed by atoms with E-state index in [1.54, 1.807) is 12.1 Å². The molecule has 2 aliphatic rings. The number of alkyl halides is 3. The second-order valence-electron chi connectivity index (χ2n) is 7.88. The van der Waals surface area contributed by atoms with Crippen LogP contribution in [-0.2, 0) is 24.3 Å². The number of hydrogen-bond acceptors (Lipinski definition) is 3. The molecule has 2 aromatic rings. The van der Waals surface area contributed by atoms with E-state index in [2.05, 4.69) is 21.0 Å². The van der Waals surface area contributed by atoms with Gasteiger partial charge in [0.05, 0.1) is 5.41 Å². The second-order valence-corrected chi connectivity index (χ2v) is 7.88. The molecule has 4 rings (SSSR count). The first-order chi connectivity index (χ1) is 13.8. The van der Waals surface area contributed by atoms with Crippen molar-refractivity contribution in [2.75, 3.05) is 13.1 Å². The molecule has 0 radical (unpaired) electrons. The largest absolute Gasteiger partial charge is 0.573 e. The first-order valence-corrected chi connectivity index (χ1v) is 9.76. The second kappa shape index (κ2) is 7.71. The van der Waals surface area contributed by atoms with Gasteiger partial charge in [0, 0.05) is 25.2 Å². The fraction of sp³-hybridized carbons (Fsp3) is 0.409. The van der Waals surface area contributed by atoms with Crippen LogP contribution in [0.3, 0.4) is 0 Å². The highest BCUT2D eigenvalue weighted by atomic mass is 19.4. The zero-order valence-corrected chi connectivity index (χ0v) is 16.0. The molecule has 1 spiro atoms. The first-order valence-electron chi connectivity index (χ1n) is 9.76. The van der Waals surface area contributed by atoms with E-state index < -0.39 is 11.8 Å². The number of ether oxygens (including phenoxy) is 1. The van der Waals surface area contributed by atoms with Crippen molar-refractivity contribution in [2.45, 2.75) is 38.7 Å². The minimum atomic E-state index is -4.73. The van der Waals surface area contributed by atoms with Gasteiger partial charge in [-0.15, -0.1) is 13.2 Å². The number of rotatable bonds is 3. The number of nitrogens with zero attached hydrogens (tertiary/aromatic N) is 1. The van der Waals surface area contributed by atoms with Crippen molar-refractivity contribution >= 4 is 5.91 Å². The molecule has 1 amide bonds. The molecule has 1 atom stereocenters. The van der Waals surface area contributed by atoms with Gasteiger partial charge in [0.15, 0.2) is 0 Å². The van der Waals surface area contributed by atoms with Gasteiger partial charge in [-0.3, -0.25) is 9.69 Å². The monoisotopic (exact) mass is 404 g/mol. The fourth-order valence-corrected chi connectivity index (χ4v) is 4.50. The normalized spacial score (nSPS) is 22.7. The summed E-state index contributed by atoms with van der Waals surface area (Å²) in [7, 11) is 0. The molecule has 2 heterocycles. The van der Waals surface area contributed by atoms with Gasteiger partial charge < -0.3 is 10.1 Å². The number of halogens is 3. The van der Waals surface area contributed by atoms with Crippen LogP contribution in [0.25, 0.3) is 0 Å². The van der Waals surface area contributed by atoms with Crippen molar-refractivity contribution in [3.8, 4) is 5.75 Å². The smallest absolute Gasteiger partial charge is 0.405 e. The maximum Gasteiger partial charge on any atom is 0.573 e. The van der Waals surface area contributed by atoms with Crippen LogP contribution in [0, 0.1) is 5.41 Å². The average Bonchev–Trinajstić information content (AvgIpc) is 2.80. The molecule has 1 saturated heterocycles. The number of amides is 1. The lowest BCUT2D eigenvalue weighted by atomic mass is 9.74. The Bertz CT molecular complexity index is 900. The summed E-state index contributed by atoms with van der Waals surface area (Å²) in [4.78, 5) is 15.1. The van der Waals surface area contributed by atoms with Crippen molar-refractivity contribution in [1.29, 1.82) is 0 Å². The van der Waals surface area contributed by atoms with E-state index in [9.17, 15) is 18.0 Å². The lowest BCUT2D eigenvalue weighted by Gasteiger charge is -2.41. The summed E-state index contributed by atoms with van der Waals surface area (Å²) in [6, 6.07) is 14.2. The van der Waals surface area contributed by atoms with Crippen LogP contribution in [0.4, 0.5) is 13.2 Å². The van der Waals surface area contributed by atoms with Gasteiger partial charge in [0.1, 0.15) is 5.75 Å². The minimum absolute atomic E-state index is 0.0261. The molecule has 7 heteroatoms. The van der Waals surface area contributed by atoms with Gasteiger partial charge >= 0.3 is 6.36 Å². The van der Waals surface area contributed by atoms with Crippen LogP contribution in [0.1, 0.15) is 29.5 Å². The summed E-state index contributed by atoms with van der Waals surface area (Å²) in [6.45, 7) is 2.06. The number of para-hydroxylation sites is 1. The highest BCUT2D eigenvalue weighted by molar-refractivity contribution is 5.84. The Labute approximate surface area is 167 Å². The molecule has 0 saturated carbocycles. The minimum Gasteiger partial charge on any atom is -0.405 e. The van der Waals surface area contributed by atoms with E-state index in [4.69, 9.17) is 0 Å². The Morgan fingerprint density at radius 1 is 1.07 bits per heavy atom. The molecule has 29 heavy (non-hydrogen) atoms. The number of carbonyl (C=O) groups excluding carboxylic acids is 1. The Hall–Kier alpha value is -2.54. The van der Waals surface area contributed by atoms with Crippen molar-refractivity contribution in [3.63, 3.8) is 0 Å². The number of likely N-dealkylation sites (tertiary alicyclic amines) is 1. The highest BCUT2D eigenvalue weighted by Gasteiger charge is 2.44. The van der Waals surface area contributed by atoms with Crippen LogP contribution >= 0.6 is 0 Å². The molecule has 1 unspecified atom stereocenters. The van der Waals surface area contributed by atoms with E-state index in [0.29, 0.717) is 31.6 Å². The summed E-state index contributed by atoms with van der Waals surface area (Å²) < 4.78 is 42.4. The fourth-order valence-electron chi connectivity index (χ4n) is 4.50. The van der Waals surface area contributed by atoms with Crippen molar-refractivity contribution in [3.05, 3.63) is 65.2 Å². The number of carbonyl (C=O) groups is 1. The summed E-state index contributed by atoms with van der Waals surface area (Å²) in [5.41, 5.74) is 2.19. The predicted octanol–water partition coefficient (Wildman–Crippen LogP) is 4.04. The summed E-state index contributed by atoms with van der Waals surface area (Å²) in [5, 5.41) is 3.05. The zero-order valence-electron chi connectivity index (χ0n) is 16.0. The third-order valence-corrected chi connectivity index (χ3v) is 5.82. The number of hydrogen-bond donors (Lipinski definition) is 1. The van der Waals surface area contributed by atoms with Gasteiger partial charge in [-0.05, 0) is 43.0 Å². The topological polar surface area (TPSA) is 41.6 Å². The molecular weight excluding hydrogens is 381 g/mol. The third-order valence-electron chi connectivity index (χ3n) is 5.82. The quantitative estimate of drug-likeness (QED) is 0.840. The Kier molecular flexibility index (Phi) is 5.25. The van der Waals surface area contributed by atoms with E-state index in [-0.39, 0.29) is 11.7 Å². The van der Waals surface area contributed by atoms with Crippen LogP contribution in [0.5, 0.6) is 5.75 Å². The molecule has 154 valence electrons. The van der Waals surface area contributed by atoms with Crippen molar-refractivity contribution < 1.29 is 22.7 Å². The van der Waals surface area contributed by atoms with Gasteiger partial charge in [-0.2, -0.15) is 0 Å². The molecule has 1 fully saturated rings. The van der Waals surface area contributed by atoms with Crippen LogP contribution in [-0.4, -0.2) is 30.3 Å². The van der Waals surface area contributed by atoms with Crippen LogP contribution in [0.15, 0.2) is 48.5 Å². The molecule has 0 aromatic heterocycles. The Balaban J connectivity index is 1.56. The maximum atomic E-state index is 13.0. The van der Waals surface area contributed by atoms with E-state index in [1.807, 2.05) is 18.2 Å². The van der Waals surface area contributed by atoms with E-state index in [0.717, 1.165) is 30.5 Å². The number of piperidine rings is 1. The van der Waals surface area contributed by atoms with Crippen molar-refractivity contribution in [1.82, 2.24) is 10.2 Å². The third kappa shape index (κ3) is 4.40. The summed E-state index contributed by atoms with van der Waals surface area (Å²) in [5.74, 6) is -0.159. The molecule has 1 N–H and O–H groups in total. The molecule has 4 nitrogen and oxygen atoms in total. The molecule has 2 aromatic carbocycles. The molecule has 0 bridgehead atoms. The highest BCUT2D eigenvalue weighted by Crippen LogP contribution is 2.38. The molecule has 2 aliphatic heterocycles. The lowest BCUT2D eigenvalue weighted by Crippen LogP contribution is -2.51. The zero-order chi connectivity index (χ0) is 20.5. The van der Waals surface area contributed by atoms with Crippen LogP contribution in [0.2, 0.25) is 0 Å². The standard InChI is InChI=1S/C22H23F3N2O2/c23-22(24,25)29-19-9-4-3-8-18(19)14-27-11-5-10-21(15-27)12-16-6-1-2-7-17(16)13-26-20(21)28/h1-4,6-9H,5,10-15H2,(H,26,28). The summed E-state index contributed by atoms with van der Waals surface area (Å²) >= 11 is 0. The number of fused-ring (bicyclic) bond motifs is 1. The molecular formula is C22H23F3N2O2. The van der Waals surface area contributed by atoms with Gasteiger partial charge in [-0.25, -0.2) is 0 Å². The van der Waals surface area contributed by atoms with E-state index in [1.165, 1.54) is 12.1 Å². The van der Waals surface area contributed by atoms with Crippen molar-refractivity contribution in [2.24, 2.45) is 5.41 Å². The van der Waals surface area contributed by atoms with Gasteiger partial charge in [-0.1, -0.05) is 42.5 Å². The van der Waals surface area contributed by atoms with Gasteiger partial charge in [0.25, 0.3) is 0 Å². The Morgan fingerprint density at radius 2 is 1.79 bits per heavy atom. The van der Waals surface area contributed by atoms with Gasteiger partial charge in [0.2, 0.25) is 5.91 Å². The SMILES string of the molecule is O=C1NCc2ccccc2CC12CCCN(Cc1ccccc1OC(F)(F)F)C2. The number of benzene rings is 2. The lowest BCUT2D eigenvalue weighted by molar-refractivity contribution is -0.275. The summed E-state index contributed by atoms with van der Waals surface area (Å²) in [6.07, 6.45) is -2.50. The molecule has 0 aliphatic carbocycles. The predicted molar refractivity (Wildman–Crippen MR) is 102 cm³/mol. The van der Waals surface area contributed by atoms with Crippen LogP contribution < -0.4 is 10.1 Å². The average molecular weight is 404 g/mol. The Morgan fingerprint density at radius 3 is 2.59 bits per heavy atom.